The average Bonchev–Trinajstić information content (AvgIpc) is 3.78. The number of halogens is 1. The summed E-state index contributed by atoms with van der Waals surface area (Å²) in [7, 11) is -2.60. The third-order valence-corrected chi connectivity index (χ3v) is 14.1. The number of aryl methyl sites for hydroxylation is 1. The van der Waals surface area contributed by atoms with E-state index in [9.17, 15) is 28.5 Å². The summed E-state index contributed by atoms with van der Waals surface area (Å²) in [6.45, 7) is 4.26. The number of aromatic nitrogens is 1. The van der Waals surface area contributed by atoms with Crippen molar-refractivity contribution >= 4 is 52.6 Å². The molecule has 3 amide bonds. The monoisotopic (exact) mass is 819 g/mol. The van der Waals surface area contributed by atoms with Crippen LogP contribution >= 0.6 is 18.9 Å². The van der Waals surface area contributed by atoms with Crippen molar-refractivity contribution in [1.29, 1.82) is 0 Å². The smallest absolute Gasteiger partial charge is 0.355 e. The number of benzene rings is 2. The number of carbonyl (C=O) groups excluding carboxylic acids is 4. The first-order valence-corrected chi connectivity index (χ1v) is 21.9. The molecule has 5 heterocycles. The van der Waals surface area contributed by atoms with E-state index in [-0.39, 0.29) is 47.1 Å². The topological polar surface area (TPSA) is 156 Å². The highest BCUT2D eigenvalue weighted by molar-refractivity contribution is 7.57. The zero-order valence-electron chi connectivity index (χ0n) is 32.1. The first kappa shape index (κ1) is 40.4. The summed E-state index contributed by atoms with van der Waals surface area (Å²) in [5.74, 6) is -3.68. The summed E-state index contributed by atoms with van der Waals surface area (Å²) >= 11 is 1.17. The molecule has 13 nitrogen and oxygen atoms in total. The number of amides is 3. The van der Waals surface area contributed by atoms with Gasteiger partial charge in [0, 0.05) is 60.8 Å². The summed E-state index contributed by atoms with van der Waals surface area (Å²) in [5.41, 5.74) is 0.638. The van der Waals surface area contributed by atoms with Crippen LogP contribution in [0.25, 0.3) is 10.1 Å². The highest BCUT2D eigenvalue weighted by Crippen LogP contribution is 2.58. The maximum atomic E-state index is 16.5. The zero-order valence-corrected chi connectivity index (χ0v) is 33.8. The van der Waals surface area contributed by atoms with E-state index in [1.807, 2.05) is 18.5 Å². The third-order valence-electron chi connectivity index (χ3n) is 10.9. The minimum absolute atomic E-state index is 0.0163. The van der Waals surface area contributed by atoms with Gasteiger partial charge in [0.1, 0.15) is 23.9 Å². The zero-order chi connectivity index (χ0) is 40.4. The lowest BCUT2D eigenvalue weighted by Crippen LogP contribution is -2.59. The minimum atomic E-state index is -4.45. The van der Waals surface area contributed by atoms with E-state index in [1.54, 1.807) is 52.5 Å². The van der Waals surface area contributed by atoms with Crippen molar-refractivity contribution in [3.05, 3.63) is 99.3 Å². The molecule has 0 spiro atoms. The van der Waals surface area contributed by atoms with E-state index in [2.05, 4.69) is 10.4 Å². The second kappa shape index (κ2) is 16.9. The number of ether oxygens (including phenoxy) is 1. The van der Waals surface area contributed by atoms with E-state index in [4.69, 9.17) is 9.26 Å². The number of alkyl halides is 1. The lowest BCUT2D eigenvalue weighted by molar-refractivity contribution is -0.148. The van der Waals surface area contributed by atoms with Gasteiger partial charge in [0.05, 0.1) is 11.5 Å². The number of nitrogens with zero attached hydrogens (tertiary/aromatic N) is 3. The first-order chi connectivity index (χ1) is 27.3. The summed E-state index contributed by atoms with van der Waals surface area (Å²) in [6, 6.07) is 13.1. The number of carbonyl (C=O) groups is 4. The Morgan fingerprint density at radius 1 is 1.02 bits per heavy atom. The van der Waals surface area contributed by atoms with Crippen LogP contribution in [-0.2, 0) is 30.7 Å². The van der Waals surface area contributed by atoms with Crippen LogP contribution in [0.15, 0.2) is 77.9 Å². The van der Waals surface area contributed by atoms with E-state index in [0.717, 1.165) is 6.42 Å². The van der Waals surface area contributed by atoms with Crippen LogP contribution in [0, 0.1) is 0 Å². The molecular formula is C41H47FN5O8PS. The van der Waals surface area contributed by atoms with Gasteiger partial charge in [-0.15, -0.1) is 11.3 Å². The van der Waals surface area contributed by atoms with Crippen LogP contribution < -0.4 is 20.4 Å². The maximum Gasteiger partial charge on any atom is 0.355 e. The van der Waals surface area contributed by atoms with Crippen molar-refractivity contribution in [1.82, 2.24) is 24.8 Å². The molecule has 3 aliphatic rings. The third kappa shape index (κ3) is 8.56. The Morgan fingerprint density at radius 3 is 2.54 bits per heavy atom. The van der Waals surface area contributed by atoms with Gasteiger partial charge in [-0.2, -0.15) is 0 Å². The predicted octanol–water partition coefficient (Wildman–Crippen LogP) is 6.04. The fraction of sp³-hybridized carbons (Fsp3) is 0.439. The molecule has 2 N–H and O–H groups in total. The molecule has 6 atom stereocenters. The predicted molar refractivity (Wildman–Crippen MR) is 214 cm³/mol. The summed E-state index contributed by atoms with van der Waals surface area (Å²) in [4.78, 5) is 70.2. The molecule has 0 saturated carbocycles. The highest BCUT2D eigenvalue weighted by atomic mass is 32.1. The number of para-hydroxylation sites is 1. The maximum absolute atomic E-state index is 16.5. The Kier molecular flexibility index (Phi) is 12.0. The molecule has 4 aromatic rings. The molecule has 302 valence electrons. The molecule has 7 rings (SSSR count). The van der Waals surface area contributed by atoms with Crippen LogP contribution in [-0.4, -0.2) is 81.9 Å². The Morgan fingerprint density at radius 2 is 1.79 bits per heavy atom. The van der Waals surface area contributed by atoms with Crippen molar-refractivity contribution in [2.24, 2.45) is 7.05 Å². The number of likely N-dealkylation sites (tertiary alicyclic amines) is 1. The van der Waals surface area contributed by atoms with Gasteiger partial charge in [-0.25, -0.2) is 9.48 Å². The van der Waals surface area contributed by atoms with Gasteiger partial charge in [0.15, 0.2) is 5.43 Å². The van der Waals surface area contributed by atoms with Crippen LogP contribution in [0.2, 0.25) is 0 Å². The first-order valence-electron chi connectivity index (χ1n) is 19.4. The molecule has 0 radical (unpaired) electrons. The van der Waals surface area contributed by atoms with Crippen LogP contribution in [0.1, 0.15) is 85.0 Å². The number of fused-ring (bicyclic) bond motifs is 2. The standard InChI is InChI=1S/C41H47FN5O8PS/c1-4-19-54-41(52)25(2)44-56(53,55-30-10-6-5-7-11-30)37(42)26-13-16-35-27(20-26)21-36(57-35)38(49)43-32-12-8-9-29-14-15-33(47(29)39(32)50)40(51)46-22-28(23-46)31-24-45(3)18-17-34(31)48/h5-7,10-11,13,16-18,20-21,24-25,28-29,32-33,37H,4,8-9,12,14-15,19,22-23H2,1-3H3,(H,43,49)(H,44,53)/t25-,29-,32-,33-,37?,56?/m0/s1. The molecule has 3 saturated heterocycles. The summed E-state index contributed by atoms with van der Waals surface area (Å²) in [6.07, 6.45) is 7.18. The lowest BCUT2D eigenvalue weighted by Gasteiger charge is -2.42. The Balaban J connectivity index is 1.04. The number of rotatable bonds is 13. The number of pyridine rings is 1. The van der Waals surface area contributed by atoms with E-state index >= 15 is 4.39 Å². The lowest BCUT2D eigenvalue weighted by atomic mass is 9.91. The van der Waals surface area contributed by atoms with E-state index < -0.39 is 43.4 Å². The second-order valence-corrected chi connectivity index (χ2v) is 18.3. The van der Waals surface area contributed by atoms with Gasteiger partial charge in [-0.3, -0.25) is 28.5 Å². The molecule has 16 heteroatoms. The quantitative estimate of drug-likeness (QED) is 0.121. The fourth-order valence-corrected chi connectivity index (χ4v) is 10.7. The van der Waals surface area contributed by atoms with Crippen molar-refractivity contribution < 1.29 is 37.4 Å². The fourth-order valence-electron chi connectivity index (χ4n) is 7.89. The van der Waals surface area contributed by atoms with Crippen molar-refractivity contribution in [3.8, 4) is 5.75 Å². The molecule has 57 heavy (non-hydrogen) atoms. The Labute approximate surface area is 334 Å². The second-order valence-electron chi connectivity index (χ2n) is 15.1. The normalized spacial score (nSPS) is 21.8. The molecule has 3 fully saturated rings. The number of hydrogen-bond acceptors (Lipinski definition) is 9. The number of hydrogen-bond donors (Lipinski definition) is 2. The largest absolute Gasteiger partial charge is 0.465 e. The molecule has 2 aromatic carbocycles. The van der Waals surface area contributed by atoms with E-state index in [0.29, 0.717) is 65.7 Å². The Bertz CT molecular complexity index is 2260. The van der Waals surface area contributed by atoms with Crippen LogP contribution in [0.3, 0.4) is 0 Å². The van der Waals surface area contributed by atoms with Crippen molar-refractivity contribution in [2.45, 2.75) is 88.4 Å². The van der Waals surface area contributed by atoms with Gasteiger partial charge < -0.3 is 28.9 Å². The molecule has 2 unspecified atom stereocenters. The summed E-state index contributed by atoms with van der Waals surface area (Å²) < 4.78 is 44.1. The van der Waals surface area contributed by atoms with Gasteiger partial charge in [0.25, 0.3) is 5.91 Å². The van der Waals surface area contributed by atoms with Gasteiger partial charge in [0.2, 0.25) is 17.7 Å². The highest BCUT2D eigenvalue weighted by Gasteiger charge is 2.48. The molecule has 3 aliphatic heterocycles. The van der Waals surface area contributed by atoms with Crippen molar-refractivity contribution in [2.75, 3.05) is 19.7 Å². The molecule has 2 aromatic heterocycles. The number of esters is 1. The summed E-state index contributed by atoms with van der Waals surface area (Å²) in [5, 5.41) is 6.01. The van der Waals surface area contributed by atoms with Crippen LogP contribution in [0.5, 0.6) is 5.75 Å². The molecule has 0 bridgehead atoms. The van der Waals surface area contributed by atoms with Gasteiger partial charge >= 0.3 is 13.5 Å². The average molecular weight is 820 g/mol. The molecule has 0 aliphatic carbocycles. The number of nitrogens with one attached hydrogen (secondary N) is 2. The van der Waals surface area contributed by atoms with Gasteiger partial charge in [-0.05, 0) is 86.7 Å². The van der Waals surface area contributed by atoms with Crippen LogP contribution in [0.4, 0.5) is 4.39 Å². The SMILES string of the molecule is CCCOC(=O)[C@H](C)NP(=O)(Oc1ccccc1)C(F)c1ccc2sc(C(=O)N[C@H]3CCC[C@H]4CC[C@@H](C(=O)N5CC(c6cn(C)ccc6=O)C5)N4C3=O)cc2c1. The van der Waals surface area contributed by atoms with Crippen molar-refractivity contribution in [3.63, 3.8) is 0 Å². The van der Waals surface area contributed by atoms with Gasteiger partial charge in [-0.1, -0.05) is 31.2 Å². The Hall–Kier alpha value is -4.85. The molecular weight excluding hydrogens is 773 g/mol. The van der Waals surface area contributed by atoms with E-state index in [1.165, 1.54) is 48.6 Å². The number of thiophene rings is 1. The minimum Gasteiger partial charge on any atom is -0.465 e.